The number of sulfonamides is 1. The minimum Gasteiger partial charge on any atom is -0.481 e. The molecule has 2 atom stereocenters. The number of nitrogens with one attached hydrogen (secondary N) is 1. The molecule has 8 heteroatoms. The van der Waals surface area contributed by atoms with Crippen molar-refractivity contribution >= 4 is 21.9 Å². The number of benzene rings is 1. The Hall–Kier alpha value is -1.93. The molecule has 1 aromatic rings. The summed E-state index contributed by atoms with van der Waals surface area (Å²) in [5, 5.41) is 11.3. The number of hydrogen-bond donors (Lipinski definition) is 2. The van der Waals surface area contributed by atoms with E-state index in [9.17, 15) is 18.0 Å². The summed E-state index contributed by atoms with van der Waals surface area (Å²) in [7, 11) is -3.56. The molecule has 0 saturated carbocycles. The fourth-order valence-electron chi connectivity index (χ4n) is 3.43. The molecule has 0 bridgehead atoms. The summed E-state index contributed by atoms with van der Waals surface area (Å²) in [4.78, 5) is 22.7. The first-order valence-electron chi connectivity index (χ1n) is 9.30. The van der Waals surface area contributed by atoms with Crippen LogP contribution >= 0.6 is 0 Å². The van der Waals surface area contributed by atoms with Crippen LogP contribution in [0.3, 0.4) is 0 Å². The van der Waals surface area contributed by atoms with Crippen LogP contribution in [0.2, 0.25) is 0 Å². The number of rotatable bonds is 8. The second-order valence-electron chi connectivity index (χ2n) is 7.40. The minimum absolute atomic E-state index is 0.0795. The third kappa shape index (κ3) is 6.04. The number of carboxylic acids is 1. The summed E-state index contributed by atoms with van der Waals surface area (Å²) in [6, 6.07) is 5.96. The third-order valence-corrected chi connectivity index (χ3v) is 6.54. The molecule has 1 heterocycles. The smallest absolute Gasteiger partial charge is 0.303 e. The molecular weight excluding hydrogens is 368 g/mol. The number of amides is 1. The maximum atomic E-state index is 12.8. The van der Waals surface area contributed by atoms with E-state index in [2.05, 4.69) is 19.2 Å². The van der Waals surface area contributed by atoms with Gasteiger partial charge in [-0.1, -0.05) is 13.8 Å². The van der Waals surface area contributed by atoms with Crippen LogP contribution < -0.4 is 5.32 Å². The molecule has 1 amide bonds. The maximum Gasteiger partial charge on any atom is 0.303 e. The molecule has 1 aromatic carbocycles. The Morgan fingerprint density at radius 2 is 1.70 bits per heavy atom. The minimum atomic E-state index is -3.56. The van der Waals surface area contributed by atoms with Crippen LogP contribution in [-0.4, -0.2) is 49.3 Å². The maximum absolute atomic E-state index is 12.8. The molecule has 0 spiro atoms. The fraction of sp³-hybridized carbons (Fsp3) is 0.579. The van der Waals surface area contributed by atoms with Crippen molar-refractivity contribution in [2.75, 3.05) is 19.6 Å². The van der Waals surface area contributed by atoms with Gasteiger partial charge < -0.3 is 10.4 Å². The van der Waals surface area contributed by atoms with Crippen LogP contribution in [0.25, 0.3) is 0 Å². The Balaban J connectivity index is 1.95. The largest absolute Gasteiger partial charge is 0.481 e. The lowest BCUT2D eigenvalue weighted by molar-refractivity contribution is -0.137. The van der Waals surface area contributed by atoms with Gasteiger partial charge in [0.15, 0.2) is 0 Å². The summed E-state index contributed by atoms with van der Waals surface area (Å²) in [5.41, 5.74) is 0.382. The Bertz CT molecular complexity index is 751. The van der Waals surface area contributed by atoms with E-state index in [-0.39, 0.29) is 17.2 Å². The van der Waals surface area contributed by atoms with Crippen LogP contribution in [0.5, 0.6) is 0 Å². The summed E-state index contributed by atoms with van der Waals surface area (Å²) in [6.07, 6.45) is 2.18. The number of hydrogen-bond acceptors (Lipinski definition) is 4. The topological polar surface area (TPSA) is 104 Å². The fourth-order valence-corrected chi connectivity index (χ4v) is 5.11. The summed E-state index contributed by atoms with van der Waals surface area (Å²) < 4.78 is 27.2. The van der Waals surface area contributed by atoms with Crippen molar-refractivity contribution in [1.82, 2.24) is 9.62 Å². The zero-order valence-corrected chi connectivity index (χ0v) is 16.7. The van der Waals surface area contributed by atoms with Gasteiger partial charge in [-0.2, -0.15) is 4.31 Å². The van der Waals surface area contributed by atoms with Crippen molar-refractivity contribution < 1.29 is 23.1 Å². The zero-order chi connectivity index (χ0) is 20.0. The molecule has 7 nitrogen and oxygen atoms in total. The second kappa shape index (κ2) is 9.32. The van der Waals surface area contributed by atoms with E-state index < -0.39 is 16.0 Å². The summed E-state index contributed by atoms with van der Waals surface area (Å²) in [6.45, 7) is 5.54. The number of carboxylic acid groups (broad SMARTS) is 1. The van der Waals surface area contributed by atoms with Gasteiger partial charge in [0.25, 0.3) is 5.91 Å². The van der Waals surface area contributed by atoms with Crippen LogP contribution in [0.4, 0.5) is 0 Å². The van der Waals surface area contributed by atoms with Crippen LogP contribution in [0.15, 0.2) is 29.2 Å². The number of carbonyl (C=O) groups excluding carboxylic acids is 1. The number of nitrogens with zero attached hydrogens (tertiary/aromatic N) is 1. The average molecular weight is 397 g/mol. The predicted molar refractivity (Wildman–Crippen MR) is 102 cm³/mol. The molecule has 1 aliphatic rings. The van der Waals surface area contributed by atoms with Gasteiger partial charge in [-0.05, 0) is 55.4 Å². The van der Waals surface area contributed by atoms with Crippen LogP contribution in [-0.2, 0) is 14.8 Å². The van der Waals surface area contributed by atoms with Crippen molar-refractivity contribution in [3.8, 4) is 0 Å². The molecule has 2 N–H and O–H groups in total. The highest BCUT2D eigenvalue weighted by molar-refractivity contribution is 7.89. The van der Waals surface area contributed by atoms with Gasteiger partial charge in [0, 0.05) is 31.6 Å². The number of unbranched alkanes of at least 4 members (excludes halogenated alkanes) is 1. The molecule has 0 aliphatic carbocycles. The lowest BCUT2D eigenvalue weighted by atomic mass is 9.94. The monoisotopic (exact) mass is 396 g/mol. The SMILES string of the molecule is CC1CC(C)CN(S(=O)(=O)c2ccc(C(=O)NCCCCC(=O)O)cc2)C1. The van der Waals surface area contributed by atoms with Crippen molar-refractivity contribution in [3.05, 3.63) is 29.8 Å². The highest BCUT2D eigenvalue weighted by Gasteiger charge is 2.31. The molecule has 0 aromatic heterocycles. The van der Waals surface area contributed by atoms with Crippen molar-refractivity contribution in [2.24, 2.45) is 11.8 Å². The first-order valence-corrected chi connectivity index (χ1v) is 10.7. The number of carbonyl (C=O) groups is 2. The molecule has 1 fully saturated rings. The Labute approximate surface area is 160 Å². The first-order chi connectivity index (χ1) is 12.7. The van der Waals surface area contributed by atoms with Crippen molar-refractivity contribution in [1.29, 1.82) is 0 Å². The molecular formula is C19H28N2O5S. The van der Waals surface area contributed by atoms with E-state index in [1.807, 2.05) is 0 Å². The highest BCUT2D eigenvalue weighted by atomic mass is 32.2. The molecule has 150 valence electrons. The van der Waals surface area contributed by atoms with E-state index in [0.29, 0.717) is 49.9 Å². The van der Waals surface area contributed by atoms with Crippen molar-refractivity contribution in [2.45, 2.75) is 44.4 Å². The first kappa shape index (κ1) is 21.4. The molecule has 1 aliphatic heterocycles. The molecule has 2 rings (SSSR count). The van der Waals surface area contributed by atoms with E-state index >= 15 is 0 Å². The lowest BCUT2D eigenvalue weighted by Crippen LogP contribution is -2.42. The average Bonchev–Trinajstić information content (AvgIpc) is 2.60. The third-order valence-electron chi connectivity index (χ3n) is 4.69. The van der Waals surface area contributed by atoms with Gasteiger partial charge in [0.05, 0.1) is 4.90 Å². The van der Waals surface area contributed by atoms with Crippen LogP contribution in [0.1, 0.15) is 49.9 Å². The quantitative estimate of drug-likeness (QED) is 0.657. The molecule has 2 unspecified atom stereocenters. The normalized spacial score (nSPS) is 21.0. The van der Waals surface area contributed by atoms with E-state index in [1.165, 1.54) is 28.6 Å². The van der Waals surface area contributed by atoms with E-state index in [4.69, 9.17) is 5.11 Å². The van der Waals surface area contributed by atoms with Gasteiger partial charge in [0.1, 0.15) is 0 Å². The number of aliphatic carboxylic acids is 1. The number of piperidine rings is 1. The standard InChI is InChI=1S/C19H28N2O5S/c1-14-11-15(2)13-21(12-14)27(25,26)17-8-6-16(7-9-17)19(24)20-10-4-3-5-18(22)23/h6-9,14-15H,3-5,10-13H2,1-2H3,(H,20,24)(H,22,23). The zero-order valence-electron chi connectivity index (χ0n) is 15.8. The Morgan fingerprint density at radius 1 is 1.11 bits per heavy atom. The van der Waals surface area contributed by atoms with Gasteiger partial charge >= 0.3 is 5.97 Å². The predicted octanol–water partition coefficient (Wildman–Crippen LogP) is 2.34. The summed E-state index contributed by atoms with van der Waals surface area (Å²) in [5.74, 6) is -0.491. The van der Waals surface area contributed by atoms with Gasteiger partial charge in [-0.3, -0.25) is 9.59 Å². The Kier molecular flexibility index (Phi) is 7.38. The van der Waals surface area contributed by atoms with Gasteiger partial charge in [0.2, 0.25) is 10.0 Å². The van der Waals surface area contributed by atoms with E-state index in [0.717, 1.165) is 6.42 Å². The molecule has 0 radical (unpaired) electrons. The molecule has 1 saturated heterocycles. The highest BCUT2D eigenvalue weighted by Crippen LogP contribution is 2.26. The van der Waals surface area contributed by atoms with Crippen LogP contribution in [0, 0.1) is 11.8 Å². The van der Waals surface area contributed by atoms with Crippen molar-refractivity contribution in [3.63, 3.8) is 0 Å². The second-order valence-corrected chi connectivity index (χ2v) is 9.34. The van der Waals surface area contributed by atoms with Gasteiger partial charge in [-0.25, -0.2) is 8.42 Å². The Morgan fingerprint density at radius 3 is 2.26 bits per heavy atom. The van der Waals surface area contributed by atoms with E-state index in [1.54, 1.807) is 0 Å². The van der Waals surface area contributed by atoms with Gasteiger partial charge in [-0.15, -0.1) is 0 Å². The lowest BCUT2D eigenvalue weighted by Gasteiger charge is -2.34. The molecule has 27 heavy (non-hydrogen) atoms. The summed E-state index contributed by atoms with van der Waals surface area (Å²) >= 11 is 0.